The third-order valence-corrected chi connectivity index (χ3v) is 7.87. The summed E-state index contributed by atoms with van der Waals surface area (Å²) in [5.74, 6) is 0.248. The number of halogens is 1. The van der Waals surface area contributed by atoms with E-state index in [9.17, 15) is 13.2 Å². The van der Waals surface area contributed by atoms with Crippen molar-refractivity contribution in [1.29, 1.82) is 0 Å². The summed E-state index contributed by atoms with van der Waals surface area (Å²) in [7, 11) is -3.43. The van der Waals surface area contributed by atoms with Crippen molar-refractivity contribution >= 4 is 39.7 Å². The summed E-state index contributed by atoms with van der Waals surface area (Å²) in [4.78, 5) is 14.5. The van der Waals surface area contributed by atoms with Gasteiger partial charge in [-0.2, -0.15) is 0 Å². The van der Waals surface area contributed by atoms with Crippen molar-refractivity contribution in [2.75, 3.05) is 13.1 Å². The zero-order valence-electron chi connectivity index (χ0n) is 14.1. The van der Waals surface area contributed by atoms with Crippen molar-refractivity contribution in [3.05, 3.63) is 17.5 Å². The van der Waals surface area contributed by atoms with Crippen LogP contribution in [0, 0.1) is 5.92 Å². The van der Waals surface area contributed by atoms with Gasteiger partial charge in [-0.3, -0.25) is 4.79 Å². The van der Waals surface area contributed by atoms with Gasteiger partial charge in [0, 0.05) is 31.1 Å². The molecule has 1 aliphatic carbocycles. The zero-order chi connectivity index (χ0) is 17.2. The average Bonchev–Trinajstić information content (AvgIpc) is 3.10. The molecule has 2 atom stereocenters. The summed E-state index contributed by atoms with van der Waals surface area (Å²) < 4.78 is 27.6. The molecule has 0 spiro atoms. The van der Waals surface area contributed by atoms with E-state index in [1.807, 2.05) is 4.90 Å². The Hall–Kier alpha value is -0.670. The minimum atomic E-state index is -3.43. The molecule has 25 heavy (non-hydrogen) atoms. The molecule has 1 aromatic rings. The normalized spacial score (nSPS) is 25.4. The topological polar surface area (TPSA) is 92.5 Å². The van der Waals surface area contributed by atoms with Crippen molar-refractivity contribution in [3.63, 3.8) is 0 Å². The Labute approximate surface area is 159 Å². The molecule has 0 radical (unpaired) electrons. The number of nitrogens with two attached hydrogens (primary N) is 1. The molecule has 1 aliphatic heterocycles. The van der Waals surface area contributed by atoms with Gasteiger partial charge in [-0.15, -0.1) is 23.7 Å². The van der Waals surface area contributed by atoms with E-state index in [0.29, 0.717) is 30.1 Å². The summed E-state index contributed by atoms with van der Waals surface area (Å²) in [6.45, 7) is 1.23. The second-order valence-corrected chi connectivity index (χ2v) is 9.67. The van der Waals surface area contributed by atoms with Gasteiger partial charge in [-0.25, -0.2) is 13.1 Å². The number of hydrogen-bond acceptors (Lipinski definition) is 5. The standard InChI is InChI=1S/C16H25N3O3S2.ClH/c17-13-4-1-3-12(11-13)16(20)19-8-6-14(7-9-19)18-24(21,22)15-5-2-10-23-15;/h2,5,10,12-14,18H,1,3-4,6-9,11,17H2;1H. The first-order valence-electron chi connectivity index (χ1n) is 8.56. The summed E-state index contributed by atoms with van der Waals surface area (Å²) in [5.41, 5.74) is 5.98. The van der Waals surface area contributed by atoms with Gasteiger partial charge in [0.15, 0.2) is 0 Å². The molecule has 2 aliphatic rings. The van der Waals surface area contributed by atoms with Gasteiger partial charge in [0.2, 0.25) is 15.9 Å². The highest BCUT2D eigenvalue weighted by atomic mass is 35.5. The molecule has 1 saturated carbocycles. The number of carbonyl (C=O) groups is 1. The van der Waals surface area contributed by atoms with E-state index in [-0.39, 0.29) is 36.3 Å². The molecule has 1 amide bonds. The Morgan fingerprint density at radius 2 is 1.96 bits per heavy atom. The Morgan fingerprint density at radius 3 is 2.56 bits per heavy atom. The zero-order valence-corrected chi connectivity index (χ0v) is 16.5. The van der Waals surface area contributed by atoms with E-state index < -0.39 is 10.0 Å². The third kappa shape index (κ3) is 5.17. The number of rotatable bonds is 4. The highest BCUT2D eigenvalue weighted by Crippen LogP contribution is 2.26. The molecule has 6 nitrogen and oxygen atoms in total. The number of thiophene rings is 1. The summed E-state index contributed by atoms with van der Waals surface area (Å²) in [5, 5.41) is 1.75. The smallest absolute Gasteiger partial charge is 0.250 e. The van der Waals surface area contributed by atoms with Crippen LogP contribution in [0.4, 0.5) is 0 Å². The predicted molar refractivity (Wildman–Crippen MR) is 101 cm³/mol. The molecule has 9 heteroatoms. The van der Waals surface area contributed by atoms with E-state index in [2.05, 4.69) is 4.72 Å². The second kappa shape index (κ2) is 8.81. The van der Waals surface area contributed by atoms with Crippen LogP contribution in [0.3, 0.4) is 0 Å². The number of sulfonamides is 1. The monoisotopic (exact) mass is 407 g/mol. The van der Waals surface area contributed by atoms with Crippen molar-refractivity contribution in [1.82, 2.24) is 9.62 Å². The fourth-order valence-corrected chi connectivity index (χ4v) is 5.94. The maximum absolute atomic E-state index is 12.6. The van der Waals surface area contributed by atoms with E-state index in [1.54, 1.807) is 17.5 Å². The van der Waals surface area contributed by atoms with Gasteiger partial charge >= 0.3 is 0 Å². The Morgan fingerprint density at radius 1 is 1.24 bits per heavy atom. The third-order valence-electron chi connectivity index (χ3n) is 4.95. The summed E-state index contributed by atoms with van der Waals surface area (Å²) >= 11 is 1.22. The first-order chi connectivity index (χ1) is 11.5. The fraction of sp³-hybridized carbons (Fsp3) is 0.688. The van der Waals surface area contributed by atoms with Crippen LogP contribution in [-0.2, 0) is 14.8 Å². The lowest BCUT2D eigenvalue weighted by molar-refractivity contribution is -0.137. The Balaban J connectivity index is 0.00000225. The van der Waals surface area contributed by atoms with E-state index in [4.69, 9.17) is 5.73 Å². The maximum atomic E-state index is 12.6. The van der Waals surface area contributed by atoms with Crippen LogP contribution in [0.1, 0.15) is 38.5 Å². The lowest BCUT2D eigenvalue weighted by atomic mass is 9.85. The SMILES string of the molecule is Cl.NC1CCCC(C(=O)N2CCC(NS(=O)(=O)c3cccs3)CC2)C1. The lowest BCUT2D eigenvalue weighted by Crippen LogP contribution is -2.49. The molecule has 2 fully saturated rings. The van der Waals surface area contributed by atoms with Crippen molar-refractivity contribution in [3.8, 4) is 0 Å². The minimum Gasteiger partial charge on any atom is -0.342 e. The number of likely N-dealkylation sites (tertiary alicyclic amines) is 1. The summed E-state index contributed by atoms with van der Waals surface area (Å²) in [6.07, 6.45) is 5.07. The molecular formula is C16H26ClN3O3S2. The summed E-state index contributed by atoms with van der Waals surface area (Å²) in [6, 6.07) is 3.38. The molecule has 3 N–H and O–H groups in total. The van der Waals surface area contributed by atoms with Crippen molar-refractivity contribution in [2.45, 2.75) is 54.8 Å². The van der Waals surface area contributed by atoms with Gasteiger partial charge in [0.25, 0.3) is 0 Å². The molecule has 1 saturated heterocycles. The molecule has 2 heterocycles. The van der Waals surface area contributed by atoms with Crippen LogP contribution in [-0.4, -0.2) is 44.4 Å². The molecule has 142 valence electrons. The van der Waals surface area contributed by atoms with Gasteiger partial charge in [-0.1, -0.05) is 12.5 Å². The predicted octanol–water partition coefficient (Wildman–Crippen LogP) is 1.96. The largest absolute Gasteiger partial charge is 0.342 e. The van der Waals surface area contributed by atoms with Crippen LogP contribution in [0.5, 0.6) is 0 Å². The number of nitrogens with one attached hydrogen (secondary N) is 1. The Bertz CT molecular complexity index is 658. The number of carbonyl (C=O) groups excluding carboxylic acids is 1. The molecule has 1 aromatic heterocycles. The van der Waals surface area contributed by atoms with E-state index in [0.717, 1.165) is 25.7 Å². The molecular weight excluding hydrogens is 382 g/mol. The maximum Gasteiger partial charge on any atom is 0.250 e. The van der Waals surface area contributed by atoms with Crippen molar-refractivity contribution in [2.24, 2.45) is 11.7 Å². The molecule has 3 rings (SSSR count). The number of piperidine rings is 1. The first kappa shape index (κ1) is 20.6. The van der Waals surface area contributed by atoms with Gasteiger partial charge < -0.3 is 10.6 Å². The second-order valence-electron chi connectivity index (χ2n) is 6.78. The highest BCUT2D eigenvalue weighted by molar-refractivity contribution is 7.91. The van der Waals surface area contributed by atoms with E-state index >= 15 is 0 Å². The molecule has 0 bridgehead atoms. The van der Waals surface area contributed by atoms with Crippen LogP contribution >= 0.6 is 23.7 Å². The van der Waals surface area contributed by atoms with Gasteiger partial charge in [0.05, 0.1) is 0 Å². The van der Waals surface area contributed by atoms with Gasteiger partial charge in [0.1, 0.15) is 4.21 Å². The average molecular weight is 408 g/mol. The number of nitrogens with zero attached hydrogens (tertiary/aromatic N) is 1. The van der Waals surface area contributed by atoms with Gasteiger partial charge in [-0.05, 0) is 43.6 Å². The Kier molecular flexibility index (Phi) is 7.28. The molecule has 2 unspecified atom stereocenters. The highest BCUT2D eigenvalue weighted by Gasteiger charge is 2.32. The van der Waals surface area contributed by atoms with Crippen LogP contribution in [0.25, 0.3) is 0 Å². The fourth-order valence-electron chi connectivity index (χ4n) is 3.62. The first-order valence-corrected chi connectivity index (χ1v) is 10.9. The van der Waals surface area contributed by atoms with Crippen molar-refractivity contribution < 1.29 is 13.2 Å². The lowest BCUT2D eigenvalue weighted by Gasteiger charge is -2.36. The minimum absolute atomic E-state index is 0. The number of hydrogen-bond donors (Lipinski definition) is 2. The van der Waals surface area contributed by atoms with Crippen LogP contribution < -0.4 is 10.5 Å². The number of amides is 1. The quantitative estimate of drug-likeness (QED) is 0.797. The van der Waals surface area contributed by atoms with Crippen LogP contribution in [0.2, 0.25) is 0 Å². The molecule has 0 aromatic carbocycles. The van der Waals surface area contributed by atoms with E-state index in [1.165, 1.54) is 11.3 Å². The van der Waals surface area contributed by atoms with Crippen LogP contribution in [0.15, 0.2) is 21.7 Å².